The lowest BCUT2D eigenvalue weighted by Crippen LogP contribution is -2.33. The second-order valence-corrected chi connectivity index (χ2v) is 3.83. The molecule has 0 aromatic rings. The molecule has 82 valence electrons. The first-order valence-electron chi connectivity index (χ1n) is 4.54. The summed E-state index contributed by atoms with van der Waals surface area (Å²) in [5.74, 6) is -0.474. The molecular weight excluding hydrogens is 186 g/mol. The van der Waals surface area contributed by atoms with E-state index in [9.17, 15) is 9.59 Å². The highest BCUT2D eigenvalue weighted by Crippen LogP contribution is 2.06. The third-order valence-corrected chi connectivity index (χ3v) is 1.10. The standard InChI is InChI=1S/C9H17NO4/c1-5-6-7(11)14-10-8(12)13-9(2,3)4/h5-6H2,1-4H3,(H,10,12). The number of hydrogen-bond acceptors (Lipinski definition) is 4. The fourth-order valence-electron chi connectivity index (χ4n) is 0.653. The Bertz CT molecular complexity index is 207. The van der Waals surface area contributed by atoms with E-state index in [0.29, 0.717) is 6.42 Å². The summed E-state index contributed by atoms with van der Waals surface area (Å²) >= 11 is 0. The van der Waals surface area contributed by atoms with Crippen molar-refractivity contribution in [3.05, 3.63) is 0 Å². The fourth-order valence-corrected chi connectivity index (χ4v) is 0.653. The summed E-state index contributed by atoms with van der Waals surface area (Å²) < 4.78 is 4.84. The zero-order chi connectivity index (χ0) is 11.2. The van der Waals surface area contributed by atoms with Gasteiger partial charge in [0.2, 0.25) is 0 Å². The number of hydrogen-bond donors (Lipinski definition) is 1. The topological polar surface area (TPSA) is 64.6 Å². The Labute approximate surface area is 83.7 Å². The van der Waals surface area contributed by atoms with Crippen LogP contribution < -0.4 is 5.48 Å². The van der Waals surface area contributed by atoms with Crippen LogP contribution in [0, 0.1) is 0 Å². The summed E-state index contributed by atoms with van der Waals surface area (Å²) in [7, 11) is 0. The van der Waals surface area contributed by atoms with Crippen molar-refractivity contribution >= 4 is 12.1 Å². The van der Waals surface area contributed by atoms with Gasteiger partial charge in [0.1, 0.15) is 5.60 Å². The molecule has 0 aromatic carbocycles. The Kier molecular flexibility index (Phi) is 4.97. The van der Waals surface area contributed by atoms with Crippen LogP contribution in [-0.4, -0.2) is 17.7 Å². The number of carbonyl (C=O) groups is 2. The van der Waals surface area contributed by atoms with Crippen LogP contribution in [0.3, 0.4) is 0 Å². The summed E-state index contributed by atoms with van der Waals surface area (Å²) in [6, 6.07) is 0. The lowest BCUT2D eigenvalue weighted by molar-refractivity contribution is -0.150. The van der Waals surface area contributed by atoms with Crippen molar-refractivity contribution in [2.24, 2.45) is 0 Å². The molecule has 0 aliphatic carbocycles. The maximum atomic E-state index is 11.0. The van der Waals surface area contributed by atoms with Crippen LogP contribution in [0.5, 0.6) is 0 Å². The van der Waals surface area contributed by atoms with Crippen LogP contribution in [0.25, 0.3) is 0 Å². The normalized spacial score (nSPS) is 10.6. The van der Waals surface area contributed by atoms with Crippen molar-refractivity contribution in [3.8, 4) is 0 Å². The molecule has 0 aliphatic rings. The zero-order valence-electron chi connectivity index (χ0n) is 9.05. The number of rotatable bonds is 2. The quantitative estimate of drug-likeness (QED) is 0.694. The smallest absolute Gasteiger partial charge is 0.441 e. The predicted molar refractivity (Wildman–Crippen MR) is 50.4 cm³/mol. The van der Waals surface area contributed by atoms with Gasteiger partial charge in [0.25, 0.3) is 0 Å². The highest BCUT2D eigenvalue weighted by atomic mass is 16.7. The van der Waals surface area contributed by atoms with Gasteiger partial charge in [-0.3, -0.25) is 0 Å². The lowest BCUT2D eigenvalue weighted by Gasteiger charge is -2.19. The van der Waals surface area contributed by atoms with Gasteiger partial charge in [0.15, 0.2) is 0 Å². The number of nitrogens with one attached hydrogen (secondary N) is 1. The van der Waals surface area contributed by atoms with Crippen molar-refractivity contribution in [2.45, 2.75) is 46.1 Å². The molecule has 0 rings (SSSR count). The Morgan fingerprint density at radius 3 is 2.29 bits per heavy atom. The van der Waals surface area contributed by atoms with Crippen LogP contribution in [-0.2, 0) is 14.4 Å². The Morgan fingerprint density at radius 1 is 1.29 bits per heavy atom. The molecule has 0 heterocycles. The maximum absolute atomic E-state index is 11.0. The fraction of sp³-hybridized carbons (Fsp3) is 0.778. The number of amides is 1. The molecule has 14 heavy (non-hydrogen) atoms. The van der Waals surface area contributed by atoms with Crippen LogP contribution >= 0.6 is 0 Å². The van der Waals surface area contributed by atoms with Gasteiger partial charge in [-0.05, 0) is 27.2 Å². The van der Waals surface area contributed by atoms with E-state index in [-0.39, 0.29) is 6.42 Å². The van der Waals surface area contributed by atoms with Gasteiger partial charge < -0.3 is 9.57 Å². The minimum Gasteiger partial charge on any atom is -0.442 e. The van der Waals surface area contributed by atoms with Crippen molar-refractivity contribution in [2.75, 3.05) is 0 Å². The van der Waals surface area contributed by atoms with Gasteiger partial charge >= 0.3 is 12.1 Å². The Balaban J connectivity index is 3.70. The summed E-state index contributed by atoms with van der Waals surface area (Å²) in [6.45, 7) is 7.01. The molecule has 1 N–H and O–H groups in total. The lowest BCUT2D eigenvalue weighted by atomic mass is 10.2. The van der Waals surface area contributed by atoms with E-state index >= 15 is 0 Å². The molecule has 0 saturated heterocycles. The van der Waals surface area contributed by atoms with Gasteiger partial charge in [-0.1, -0.05) is 6.92 Å². The van der Waals surface area contributed by atoms with E-state index in [4.69, 9.17) is 4.74 Å². The summed E-state index contributed by atoms with van der Waals surface area (Å²) in [4.78, 5) is 26.2. The molecule has 5 heteroatoms. The second kappa shape index (κ2) is 5.47. The maximum Gasteiger partial charge on any atom is 0.441 e. The van der Waals surface area contributed by atoms with Gasteiger partial charge in [0.05, 0.1) is 0 Å². The minimum absolute atomic E-state index is 0.274. The van der Waals surface area contributed by atoms with Gasteiger partial charge in [-0.25, -0.2) is 9.59 Å². The zero-order valence-corrected chi connectivity index (χ0v) is 9.05. The third kappa shape index (κ3) is 7.39. The van der Waals surface area contributed by atoms with Crippen molar-refractivity contribution < 1.29 is 19.2 Å². The molecule has 0 atom stereocenters. The van der Waals surface area contributed by atoms with Crippen LogP contribution in [0.4, 0.5) is 4.79 Å². The number of hydroxylamine groups is 1. The average Bonchev–Trinajstić information content (AvgIpc) is 1.98. The molecule has 0 unspecified atom stereocenters. The second-order valence-electron chi connectivity index (χ2n) is 3.83. The summed E-state index contributed by atoms with van der Waals surface area (Å²) in [6.07, 6.45) is 0.187. The molecular formula is C9H17NO4. The molecule has 0 aromatic heterocycles. The van der Waals surface area contributed by atoms with Gasteiger partial charge in [-0.2, -0.15) is 0 Å². The third-order valence-electron chi connectivity index (χ3n) is 1.10. The van der Waals surface area contributed by atoms with E-state index in [1.165, 1.54) is 0 Å². The molecule has 1 amide bonds. The summed E-state index contributed by atoms with van der Waals surface area (Å²) in [5, 5.41) is 0. The minimum atomic E-state index is -0.762. The van der Waals surface area contributed by atoms with E-state index < -0.39 is 17.7 Å². The SMILES string of the molecule is CCCC(=O)ONC(=O)OC(C)(C)C. The molecule has 0 aliphatic heterocycles. The molecule has 5 nitrogen and oxygen atoms in total. The first-order valence-corrected chi connectivity index (χ1v) is 4.54. The first kappa shape index (κ1) is 12.7. The number of ether oxygens (including phenoxy) is 1. The highest BCUT2D eigenvalue weighted by molar-refractivity contribution is 5.73. The largest absolute Gasteiger partial charge is 0.442 e. The molecule has 0 saturated carbocycles. The average molecular weight is 203 g/mol. The Morgan fingerprint density at radius 2 is 1.86 bits per heavy atom. The van der Waals surface area contributed by atoms with Crippen molar-refractivity contribution in [3.63, 3.8) is 0 Å². The molecule has 0 spiro atoms. The first-order chi connectivity index (χ1) is 6.35. The van der Waals surface area contributed by atoms with Crippen molar-refractivity contribution in [1.29, 1.82) is 0 Å². The number of carbonyl (C=O) groups excluding carboxylic acids is 2. The van der Waals surface area contributed by atoms with Gasteiger partial charge in [0, 0.05) is 6.42 Å². The van der Waals surface area contributed by atoms with Crippen LogP contribution in [0.15, 0.2) is 0 Å². The predicted octanol–water partition coefficient (Wildman–Crippen LogP) is 1.77. The molecule has 0 fully saturated rings. The van der Waals surface area contributed by atoms with Crippen LogP contribution in [0.1, 0.15) is 40.5 Å². The van der Waals surface area contributed by atoms with E-state index in [1.54, 1.807) is 20.8 Å². The summed E-state index contributed by atoms with van der Waals surface area (Å²) in [5.41, 5.74) is 1.32. The van der Waals surface area contributed by atoms with Crippen molar-refractivity contribution in [1.82, 2.24) is 5.48 Å². The van der Waals surface area contributed by atoms with Crippen LogP contribution in [0.2, 0.25) is 0 Å². The molecule has 0 radical (unpaired) electrons. The van der Waals surface area contributed by atoms with E-state index in [0.717, 1.165) is 0 Å². The van der Waals surface area contributed by atoms with Gasteiger partial charge in [-0.15, -0.1) is 5.48 Å². The monoisotopic (exact) mass is 203 g/mol. The molecule has 0 bridgehead atoms. The Hall–Kier alpha value is -1.26. The highest BCUT2D eigenvalue weighted by Gasteiger charge is 2.16. The van der Waals surface area contributed by atoms with E-state index in [2.05, 4.69) is 4.84 Å². The van der Waals surface area contributed by atoms with E-state index in [1.807, 2.05) is 12.4 Å².